The zero-order chi connectivity index (χ0) is 21.1. The fourth-order valence-electron chi connectivity index (χ4n) is 3.82. The molecule has 2 aromatic rings. The van der Waals surface area contributed by atoms with E-state index in [0.29, 0.717) is 31.2 Å². The molecule has 0 bridgehead atoms. The molecule has 2 aliphatic heterocycles. The van der Waals surface area contributed by atoms with E-state index in [1.807, 2.05) is 43.5 Å². The molecule has 158 valence electrons. The third-order valence-electron chi connectivity index (χ3n) is 5.43. The second-order valence-electron chi connectivity index (χ2n) is 7.40. The van der Waals surface area contributed by atoms with Gasteiger partial charge in [0.15, 0.2) is 11.3 Å². The summed E-state index contributed by atoms with van der Waals surface area (Å²) in [5, 5.41) is 21.5. The van der Waals surface area contributed by atoms with Gasteiger partial charge < -0.3 is 20.3 Å². The Morgan fingerprint density at radius 1 is 1.20 bits per heavy atom. The van der Waals surface area contributed by atoms with Gasteiger partial charge in [0.1, 0.15) is 5.82 Å². The van der Waals surface area contributed by atoms with Crippen molar-refractivity contribution >= 4 is 17.5 Å². The lowest BCUT2D eigenvalue weighted by Gasteiger charge is -2.46. The van der Waals surface area contributed by atoms with Gasteiger partial charge in [0.25, 0.3) is 0 Å². The topological polar surface area (TPSA) is 59.6 Å². The standard InChI is InChI=1S/C23H25FN3O2S/c1-15-5-3-4-6-18(15)21-12-22(30-2)29-23-19(13-25-14-26-23)20(27(21)28)11-16-7-9-17(24)10-8-16/h3-10,12,20,22,25-26H,11,13-14H2,1-2H3/q-1/b21-12-. The van der Waals surface area contributed by atoms with E-state index in [0.717, 1.165) is 27.3 Å². The van der Waals surface area contributed by atoms with E-state index in [1.54, 1.807) is 12.1 Å². The van der Waals surface area contributed by atoms with Gasteiger partial charge in [-0.2, -0.15) is 0 Å². The van der Waals surface area contributed by atoms with Gasteiger partial charge in [-0.1, -0.05) is 36.4 Å². The molecule has 0 spiro atoms. The first-order chi connectivity index (χ1) is 14.6. The number of nitrogens with one attached hydrogen (secondary N) is 2. The van der Waals surface area contributed by atoms with Gasteiger partial charge in [-0.05, 0) is 54.5 Å². The zero-order valence-corrected chi connectivity index (χ0v) is 17.8. The number of hydrogen-bond donors (Lipinski definition) is 2. The normalized spacial score (nSPS) is 23.5. The van der Waals surface area contributed by atoms with Crippen LogP contribution in [-0.2, 0) is 11.2 Å². The molecule has 2 unspecified atom stereocenters. The molecule has 4 rings (SSSR count). The molecule has 5 nitrogen and oxygen atoms in total. The average Bonchev–Trinajstić information content (AvgIpc) is 2.76. The summed E-state index contributed by atoms with van der Waals surface area (Å²) in [4.78, 5) is 0. The Bertz CT molecular complexity index is 961. The number of ether oxygens (including phenoxy) is 1. The third-order valence-corrected chi connectivity index (χ3v) is 6.12. The first-order valence-electron chi connectivity index (χ1n) is 9.92. The highest BCUT2D eigenvalue weighted by atomic mass is 32.2. The summed E-state index contributed by atoms with van der Waals surface area (Å²) in [5.41, 5.74) is 3.99. The molecule has 0 saturated heterocycles. The lowest BCUT2D eigenvalue weighted by molar-refractivity contribution is 0.174. The Kier molecular flexibility index (Phi) is 6.32. The molecular weight excluding hydrogens is 401 g/mol. The predicted molar refractivity (Wildman–Crippen MR) is 120 cm³/mol. The molecule has 2 heterocycles. The minimum atomic E-state index is -0.487. The molecule has 2 aliphatic rings. The molecule has 0 aromatic heterocycles. The first kappa shape index (κ1) is 20.8. The van der Waals surface area contributed by atoms with E-state index in [2.05, 4.69) is 10.6 Å². The van der Waals surface area contributed by atoms with Crippen LogP contribution in [0, 0.1) is 17.9 Å². The third kappa shape index (κ3) is 4.33. The van der Waals surface area contributed by atoms with Crippen LogP contribution in [0.3, 0.4) is 0 Å². The van der Waals surface area contributed by atoms with Crippen LogP contribution in [0.15, 0.2) is 66.1 Å². The minimum Gasteiger partial charge on any atom is -0.758 e. The lowest BCUT2D eigenvalue weighted by atomic mass is 9.95. The highest BCUT2D eigenvalue weighted by molar-refractivity contribution is 7.99. The van der Waals surface area contributed by atoms with Crippen molar-refractivity contribution in [3.8, 4) is 0 Å². The van der Waals surface area contributed by atoms with Crippen molar-refractivity contribution in [3.63, 3.8) is 0 Å². The largest absolute Gasteiger partial charge is 0.758 e. The number of benzene rings is 2. The molecule has 0 saturated carbocycles. The van der Waals surface area contributed by atoms with E-state index in [1.165, 1.54) is 23.9 Å². The van der Waals surface area contributed by atoms with Crippen molar-refractivity contribution < 1.29 is 9.13 Å². The second kappa shape index (κ2) is 9.12. The number of aryl methyl sites for hydroxylation is 1. The maximum Gasteiger partial charge on any atom is 0.191 e. The second-order valence-corrected chi connectivity index (χ2v) is 8.33. The number of rotatable bonds is 4. The Hall–Kier alpha value is -2.48. The summed E-state index contributed by atoms with van der Waals surface area (Å²) in [5.74, 6) is 0.365. The first-order valence-corrected chi connectivity index (χ1v) is 11.2. The van der Waals surface area contributed by atoms with Crippen molar-refractivity contribution in [2.24, 2.45) is 0 Å². The maximum atomic E-state index is 13.9. The van der Waals surface area contributed by atoms with E-state index >= 15 is 0 Å². The number of thioether (sulfide) groups is 1. The Morgan fingerprint density at radius 3 is 2.70 bits per heavy atom. The average molecular weight is 427 g/mol. The van der Waals surface area contributed by atoms with Gasteiger partial charge in [0.05, 0.1) is 6.67 Å². The number of halogens is 1. The Morgan fingerprint density at radius 2 is 1.97 bits per heavy atom. The predicted octanol–water partition coefficient (Wildman–Crippen LogP) is 3.97. The van der Waals surface area contributed by atoms with Gasteiger partial charge in [-0.25, -0.2) is 4.39 Å². The summed E-state index contributed by atoms with van der Waals surface area (Å²) in [6.07, 6.45) is 4.30. The van der Waals surface area contributed by atoms with Crippen LogP contribution in [-0.4, -0.2) is 36.0 Å². The highest BCUT2D eigenvalue weighted by Gasteiger charge is 2.29. The van der Waals surface area contributed by atoms with Gasteiger partial charge >= 0.3 is 0 Å². The number of nitrogens with zero attached hydrogens (tertiary/aromatic N) is 1. The molecule has 0 aliphatic carbocycles. The number of hydrogen-bond acceptors (Lipinski definition) is 6. The Balaban J connectivity index is 1.79. The fraction of sp³-hybridized carbons (Fsp3) is 0.304. The molecule has 0 amide bonds. The summed E-state index contributed by atoms with van der Waals surface area (Å²) >= 11 is 1.54. The van der Waals surface area contributed by atoms with Crippen LogP contribution in [0.2, 0.25) is 0 Å². The van der Waals surface area contributed by atoms with Gasteiger partial charge in [-0.15, -0.1) is 11.8 Å². The SMILES string of the molecule is CSC1/C=C(/c2ccccc2C)N([O-])C(Cc2ccc(F)cc2)C2=C(NCNC2)O1. The van der Waals surface area contributed by atoms with Gasteiger partial charge in [-0.3, -0.25) is 5.32 Å². The summed E-state index contributed by atoms with van der Waals surface area (Å²) in [7, 11) is 0. The molecule has 2 aromatic carbocycles. The van der Waals surface area contributed by atoms with Gasteiger partial charge in [0, 0.05) is 23.9 Å². The van der Waals surface area contributed by atoms with Crippen LogP contribution in [0.4, 0.5) is 4.39 Å². The quantitative estimate of drug-likeness (QED) is 0.772. The molecule has 2 atom stereocenters. The zero-order valence-electron chi connectivity index (χ0n) is 17.0. The maximum absolute atomic E-state index is 13.9. The van der Waals surface area contributed by atoms with Crippen LogP contribution >= 0.6 is 11.8 Å². The van der Waals surface area contributed by atoms with Crippen molar-refractivity contribution in [1.29, 1.82) is 0 Å². The molecule has 7 heteroatoms. The van der Waals surface area contributed by atoms with E-state index in [4.69, 9.17) is 4.74 Å². The monoisotopic (exact) mass is 426 g/mol. The highest BCUT2D eigenvalue weighted by Crippen LogP contribution is 2.34. The van der Waals surface area contributed by atoms with Gasteiger partial charge in [0.2, 0.25) is 0 Å². The number of hydroxylamine groups is 2. The van der Waals surface area contributed by atoms with Crippen molar-refractivity contribution in [2.75, 3.05) is 19.5 Å². The molecule has 0 fully saturated rings. The smallest absolute Gasteiger partial charge is 0.191 e. The Labute approximate surface area is 180 Å². The molecular formula is C23H25FN3O2S-. The molecule has 30 heavy (non-hydrogen) atoms. The van der Waals surface area contributed by atoms with Crippen molar-refractivity contribution in [3.05, 3.63) is 93.8 Å². The minimum absolute atomic E-state index is 0.289. The van der Waals surface area contributed by atoms with E-state index < -0.39 is 6.04 Å². The van der Waals surface area contributed by atoms with Crippen LogP contribution in [0.25, 0.3) is 5.70 Å². The summed E-state index contributed by atoms with van der Waals surface area (Å²) < 4.78 is 19.7. The van der Waals surface area contributed by atoms with Crippen LogP contribution in [0.1, 0.15) is 16.7 Å². The summed E-state index contributed by atoms with van der Waals surface area (Å²) in [6, 6.07) is 13.7. The molecule has 2 N–H and O–H groups in total. The lowest BCUT2D eigenvalue weighted by Crippen LogP contribution is -2.46. The van der Waals surface area contributed by atoms with Crippen molar-refractivity contribution in [1.82, 2.24) is 15.7 Å². The summed E-state index contributed by atoms with van der Waals surface area (Å²) in [6.45, 7) is 3.13. The fourth-order valence-corrected chi connectivity index (χ4v) is 4.27. The van der Waals surface area contributed by atoms with E-state index in [-0.39, 0.29) is 11.3 Å². The van der Waals surface area contributed by atoms with Crippen molar-refractivity contribution in [2.45, 2.75) is 24.8 Å². The van der Waals surface area contributed by atoms with E-state index in [9.17, 15) is 9.60 Å². The molecule has 0 radical (unpaired) electrons. The van der Waals surface area contributed by atoms with Crippen LogP contribution < -0.4 is 10.6 Å². The van der Waals surface area contributed by atoms with Crippen LogP contribution in [0.5, 0.6) is 0 Å².